The molecule has 1 aromatic carbocycles. The Morgan fingerprint density at radius 3 is 2.74 bits per heavy atom. The Balaban J connectivity index is 1.97. The third-order valence-electron chi connectivity index (χ3n) is 3.27. The molecule has 0 aliphatic rings. The van der Waals surface area contributed by atoms with E-state index in [1.165, 1.54) is 0 Å². The number of anilines is 1. The summed E-state index contributed by atoms with van der Waals surface area (Å²) in [5, 5.41) is 6.04. The van der Waals surface area contributed by atoms with E-state index in [4.69, 9.17) is 4.74 Å². The zero-order valence-electron chi connectivity index (χ0n) is 13.0. The summed E-state index contributed by atoms with van der Waals surface area (Å²) < 4.78 is 27.8. The van der Waals surface area contributed by atoms with Crippen molar-refractivity contribution >= 4 is 32.5 Å². The minimum atomic E-state index is -3.09. The summed E-state index contributed by atoms with van der Waals surface area (Å²) in [5.41, 5.74) is 1.35. The fourth-order valence-electron chi connectivity index (χ4n) is 1.94. The van der Waals surface area contributed by atoms with Gasteiger partial charge in [-0.25, -0.2) is 18.2 Å². The quantitative estimate of drug-likeness (QED) is 0.838. The number of carbonyl (C=O) groups is 1. The molecule has 0 bridgehead atoms. The van der Waals surface area contributed by atoms with Gasteiger partial charge in [-0.15, -0.1) is 0 Å². The van der Waals surface area contributed by atoms with E-state index in [9.17, 15) is 13.2 Å². The molecule has 0 saturated heterocycles. The number of rotatable bonds is 6. The van der Waals surface area contributed by atoms with Crippen molar-refractivity contribution in [1.29, 1.82) is 0 Å². The Hall–Kier alpha value is -2.35. The van der Waals surface area contributed by atoms with Crippen LogP contribution >= 0.6 is 0 Å². The van der Waals surface area contributed by atoms with Crippen LogP contribution in [0.1, 0.15) is 6.92 Å². The van der Waals surface area contributed by atoms with Gasteiger partial charge in [0.15, 0.2) is 9.84 Å². The van der Waals surface area contributed by atoms with Gasteiger partial charge in [-0.1, -0.05) is 6.92 Å². The van der Waals surface area contributed by atoms with Gasteiger partial charge in [0.1, 0.15) is 0 Å². The molecule has 7 nitrogen and oxygen atoms in total. The van der Waals surface area contributed by atoms with E-state index in [0.29, 0.717) is 11.6 Å². The second kappa shape index (κ2) is 7.28. The average Bonchev–Trinajstić information content (AvgIpc) is 2.54. The Kier molecular flexibility index (Phi) is 5.38. The molecule has 2 aromatic rings. The van der Waals surface area contributed by atoms with E-state index in [0.717, 1.165) is 10.9 Å². The van der Waals surface area contributed by atoms with Crippen LogP contribution in [0, 0.1) is 0 Å². The maximum absolute atomic E-state index is 11.8. The highest BCUT2D eigenvalue weighted by molar-refractivity contribution is 7.91. The summed E-state index contributed by atoms with van der Waals surface area (Å²) in [5.74, 6) is 0.517. The number of nitrogens with one attached hydrogen (secondary N) is 2. The first kappa shape index (κ1) is 17.0. The van der Waals surface area contributed by atoms with E-state index >= 15 is 0 Å². The molecule has 1 heterocycles. The molecular weight excluding hydrogens is 318 g/mol. The summed E-state index contributed by atoms with van der Waals surface area (Å²) in [6.07, 6.45) is 0. The van der Waals surface area contributed by atoms with Crippen LogP contribution in [-0.2, 0) is 9.84 Å². The van der Waals surface area contributed by atoms with Gasteiger partial charge in [0.2, 0.25) is 5.88 Å². The van der Waals surface area contributed by atoms with Crippen LogP contribution in [0.25, 0.3) is 10.9 Å². The highest BCUT2D eigenvalue weighted by Crippen LogP contribution is 2.20. The molecule has 1 aromatic heterocycles. The molecule has 0 unspecified atom stereocenters. The van der Waals surface area contributed by atoms with Gasteiger partial charge in [-0.05, 0) is 24.3 Å². The number of ether oxygens (including phenoxy) is 1. The van der Waals surface area contributed by atoms with Crippen molar-refractivity contribution in [2.24, 2.45) is 0 Å². The van der Waals surface area contributed by atoms with Crippen molar-refractivity contribution in [3.8, 4) is 5.88 Å². The molecule has 23 heavy (non-hydrogen) atoms. The first-order valence-corrected chi connectivity index (χ1v) is 8.96. The Morgan fingerprint density at radius 1 is 1.26 bits per heavy atom. The smallest absolute Gasteiger partial charge is 0.319 e. The van der Waals surface area contributed by atoms with Crippen LogP contribution < -0.4 is 15.4 Å². The SMILES string of the molecule is CCS(=O)(=O)CCNC(=O)Nc1ccc2nc(OC)ccc2c1. The maximum atomic E-state index is 11.8. The summed E-state index contributed by atoms with van der Waals surface area (Å²) in [6, 6.07) is 8.41. The van der Waals surface area contributed by atoms with Crippen LogP contribution in [0.5, 0.6) is 5.88 Å². The van der Waals surface area contributed by atoms with Gasteiger partial charge in [0.05, 0.1) is 18.4 Å². The summed E-state index contributed by atoms with van der Waals surface area (Å²) in [6.45, 7) is 1.65. The molecule has 0 saturated carbocycles. The minimum Gasteiger partial charge on any atom is -0.481 e. The number of benzene rings is 1. The maximum Gasteiger partial charge on any atom is 0.319 e. The number of urea groups is 1. The van der Waals surface area contributed by atoms with Crippen LogP contribution in [-0.4, -0.2) is 44.6 Å². The topological polar surface area (TPSA) is 97.4 Å². The summed E-state index contributed by atoms with van der Waals surface area (Å²) >= 11 is 0. The van der Waals surface area contributed by atoms with Gasteiger partial charge < -0.3 is 15.4 Å². The molecular formula is C15H19N3O4S. The molecule has 0 fully saturated rings. The van der Waals surface area contributed by atoms with E-state index < -0.39 is 15.9 Å². The van der Waals surface area contributed by atoms with Crippen molar-refractivity contribution in [2.75, 3.05) is 30.5 Å². The van der Waals surface area contributed by atoms with Gasteiger partial charge in [-0.2, -0.15) is 0 Å². The van der Waals surface area contributed by atoms with Crippen molar-refractivity contribution in [3.05, 3.63) is 30.3 Å². The fraction of sp³-hybridized carbons (Fsp3) is 0.333. The number of sulfone groups is 1. The van der Waals surface area contributed by atoms with E-state index in [-0.39, 0.29) is 18.1 Å². The van der Waals surface area contributed by atoms with Gasteiger partial charge in [0, 0.05) is 29.4 Å². The first-order chi connectivity index (χ1) is 10.9. The Labute approximate surface area is 135 Å². The van der Waals surface area contributed by atoms with Gasteiger partial charge >= 0.3 is 6.03 Å². The zero-order valence-corrected chi connectivity index (χ0v) is 13.8. The normalized spacial score (nSPS) is 11.2. The number of hydrogen-bond acceptors (Lipinski definition) is 5. The van der Waals surface area contributed by atoms with Crippen molar-refractivity contribution < 1.29 is 17.9 Å². The molecule has 0 spiro atoms. The second-order valence-corrected chi connectivity index (χ2v) is 7.35. The Morgan fingerprint density at radius 2 is 2.04 bits per heavy atom. The summed E-state index contributed by atoms with van der Waals surface area (Å²) in [7, 11) is -1.54. The molecule has 0 atom stereocenters. The number of nitrogens with zero attached hydrogens (tertiary/aromatic N) is 1. The molecule has 2 amide bonds. The molecule has 0 aliphatic carbocycles. The number of aromatic nitrogens is 1. The second-order valence-electron chi connectivity index (χ2n) is 4.88. The van der Waals surface area contributed by atoms with E-state index in [2.05, 4.69) is 15.6 Å². The van der Waals surface area contributed by atoms with Crippen molar-refractivity contribution in [3.63, 3.8) is 0 Å². The lowest BCUT2D eigenvalue weighted by Crippen LogP contribution is -2.33. The van der Waals surface area contributed by atoms with Crippen LogP contribution in [0.2, 0.25) is 0 Å². The van der Waals surface area contributed by atoms with Crippen molar-refractivity contribution in [1.82, 2.24) is 10.3 Å². The molecule has 2 rings (SSSR count). The minimum absolute atomic E-state index is 0.0669. The largest absolute Gasteiger partial charge is 0.481 e. The lowest BCUT2D eigenvalue weighted by Gasteiger charge is -2.09. The Bertz CT molecular complexity index is 805. The number of hydrogen-bond donors (Lipinski definition) is 2. The highest BCUT2D eigenvalue weighted by atomic mass is 32.2. The monoisotopic (exact) mass is 337 g/mol. The average molecular weight is 337 g/mol. The molecule has 0 aliphatic heterocycles. The third-order valence-corrected chi connectivity index (χ3v) is 4.97. The van der Waals surface area contributed by atoms with Crippen LogP contribution in [0.3, 0.4) is 0 Å². The molecule has 124 valence electrons. The lowest BCUT2D eigenvalue weighted by molar-refractivity contribution is 0.252. The standard InChI is InChI=1S/C15H19N3O4S/c1-3-23(20,21)9-8-16-15(19)17-12-5-6-13-11(10-12)4-7-14(18-13)22-2/h4-7,10H,3,8-9H2,1-2H3,(H2,16,17,19). The molecule has 8 heteroatoms. The fourth-order valence-corrected chi connectivity index (χ4v) is 2.64. The molecule has 2 N–H and O–H groups in total. The van der Waals surface area contributed by atoms with Crippen molar-refractivity contribution in [2.45, 2.75) is 6.92 Å². The number of carbonyl (C=O) groups excluding carboxylic acids is 1. The van der Waals surface area contributed by atoms with Crippen LogP contribution in [0.4, 0.5) is 10.5 Å². The predicted octanol–water partition coefficient (Wildman–Crippen LogP) is 1.80. The van der Waals surface area contributed by atoms with E-state index in [1.807, 2.05) is 6.07 Å². The van der Waals surface area contributed by atoms with Gasteiger partial charge in [0.25, 0.3) is 0 Å². The zero-order chi connectivity index (χ0) is 16.9. The number of fused-ring (bicyclic) bond motifs is 1. The number of pyridine rings is 1. The predicted molar refractivity (Wildman–Crippen MR) is 89.6 cm³/mol. The first-order valence-electron chi connectivity index (χ1n) is 7.13. The van der Waals surface area contributed by atoms with Crippen LogP contribution in [0.15, 0.2) is 30.3 Å². The highest BCUT2D eigenvalue weighted by Gasteiger charge is 2.08. The number of methoxy groups -OCH3 is 1. The molecule has 0 radical (unpaired) electrons. The lowest BCUT2D eigenvalue weighted by atomic mass is 10.2. The number of amides is 2. The van der Waals surface area contributed by atoms with E-state index in [1.54, 1.807) is 38.3 Å². The van der Waals surface area contributed by atoms with Gasteiger partial charge in [-0.3, -0.25) is 0 Å². The summed E-state index contributed by atoms with van der Waals surface area (Å²) in [4.78, 5) is 16.1. The third kappa shape index (κ3) is 4.82.